The van der Waals surface area contributed by atoms with E-state index in [9.17, 15) is 19.5 Å². The number of thiocarbonyl (C=S) groups is 1. The van der Waals surface area contributed by atoms with Gasteiger partial charge in [0, 0.05) is 0 Å². The second kappa shape index (κ2) is 8.87. The van der Waals surface area contributed by atoms with Gasteiger partial charge in [0.15, 0.2) is 11.5 Å². The molecule has 1 heterocycles. The molecule has 144 valence electrons. The summed E-state index contributed by atoms with van der Waals surface area (Å²) in [6.45, 7) is 2.31. The van der Waals surface area contributed by atoms with Crippen molar-refractivity contribution in [2.75, 3.05) is 13.7 Å². The Kier molecular flexibility index (Phi) is 6.81. The molecule has 2 N–H and O–H groups in total. The highest BCUT2D eigenvalue weighted by atomic mass is 32.2. The molecule has 1 fully saturated rings. The van der Waals surface area contributed by atoms with Crippen LogP contribution < -0.4 is 9.47 Å². The number of carbonyl (C=O) groups is 3. The number of nitrogens with zero attached hydrogens (tertiary/aromatic N) is 1. The number of methoxy groups -OCH3 is 1. The Hall–Kier alpha value is -2.59. The summed E-state index contributed by atoms with van der Waals surface area (Å²) in [6, 6.07) is 3.52. The zero-order valence-corrected chi connectivity index (χ0v) is 16.1. The van der Waals surface area contributed by atoms with Crippen LogP contribution in [-0.4, -0.2) is 57.0 Å². The number of hydrogen-bond donors (Lipinski definition) is 2. The lowest BCUT2D eigenvalue weighted by atomic mass is 10.1. The predicted molar refractivity (Wildman–Crippen MR) is 103 cm³/mol. The third kappa shape index (κ3) is 4.77. The van der Waals surface area contributed by atoms with Crippen molar-refractivity contribution in [1.29, 1.82) is 0 Å². The van der Waals surface area contributed by atoms with Gasteiger partial charge < -0.3 is 19.7 Å². The molecule has 8 nitrogen and oxygen atoms in total. The van der Waals surface area contributed by atoms with Crippen molar-refractivity contribution >= 4 is 52.2 Å². The first-order valence-corrected chi connectivity index (χ1v) is 9.03. The van der Waals surface area contributed by atoms with E-state index in [0.29, 0.717) is 23.7 Å². The van der Waals surface area contributed by atoms with Gasteiger partial charge in [0.1, 0.15) is 10.4 Å². The molecule has 1 aromatic carbocycles. The Bertz CT molecular complexity index is 821. The van der Waals surface area contributed by atoms with Crippen LogP contribution in [0, 0.1) is 0 Å². The summed E-state index contributed by atoms with van der Waals surface area (Å²) in [4.78, 5) is 35.9. The molecular weight excluding hydrogens is 394 g/mol. The number of ether oxygens (including phenoxy) is 2. The van der Waals surface area contributed by atoms with Crippen molar-refractivity contribution in [2.45, 2.75) is 19.4 Å². The fraction of sp³-hybridized carbons (Fsp3) is 0.294. The van der Waals surface area contributed by atoms with Crippen LogP contribution in [0.4, 0.5) is 0 Å². The van der Waals surface area contributed by atoms with E-state index in [1.807, 2.05) is 6.92 Å². The summed E-state index contributed by atoms with van der Waals surface area (Å²) in [5.41, 5.74) is 0.626. The molecule has 1 aromatic rings. The normalized spacial score (nSPS) is 16.5. The van der Waals surface area contributed by atoms with Crippen LogP contribution >= 0.6 is 24.0 Å². The lowest BCUT2D eigenvalue weighted by molar-refractivity contribution is -0.150. The van der Waals surface area contributed by atoms with Crippen LogP contribution in [0.5, 0.6) is 11.5 Å². The van der Waals surface area contributed by atoms with Gasteiger partial charge in [-0.15, -0.1) is 0 Å². The Morgan fingerprint density at radius 2 is 2.04 bits per heavy atom. The molecule has 2 rings (SSSR count). The quantitative estimate of drug-likeness (QED) is 0.491. The van der Waals surface area contributed by atoms with Gasteiger partial charge in [0.05, 0.1) is 25.0 Å². The van der Waals surface area contributed by atoms with Gasteiger partial charge in [-0.1, -0.05) is 30.0 Å². The molecule has 0 aliphatic carbocycles. The fourth-order valence-corrected chi connectivity index (χ4v) is 3.76. The van der Waals surface area contributed by atoms with E-state index in [1.54, 1.807) is 18.2 Å². The number of thioether (sulfide) groups is 1. The molecule has 0 saturated carbocycles. The lowest BCUT2D eigenvalue weighted by Gasteiger charge is -2.21. The van der Waals surface area contributed by atoms with Crippen molar-refractivity contribution in [3.05, 3.63) is 28.7 Å². The van der Waals surface area contributed by atoms with E-state index >= 15 is 0 Å². The number of benzene rings is 1. The van der Waals surface area contributed by atoms with E-state index < -0.39 is 30.3 Å². The first-order valence-electron chi connectivity index (χ1n) is 7.81. The Morgan fingerprint density at radius 3 is 2.59 bits per heavy atom. The van der Waals surface area contributed by atoms with E-state index in [-0.39, 0.29) is 9.23 Å². The van der Waals surface area contributed by atoms with Crippen molar-refractivity contribution in [1.82, 2.24) is 4.90 Å². The van der Waals surface area contributed by atoms with Gasteiger partial charge in [0.2, 0.25) is 0 Å². The maximum atomic E-state index is 12.6. The number of hydrogen-bond acceptors (Lipinski definition) is 7. The van der Waals surface area contributed by atoms with Crippen LogP contribution in [0.2, 0.25) is 0 Å². The summed E-state index contributed by atoms with van der Waals surface area (Å²) >= 11 is 6.01. The van der Waals surface area contributed by atoms with Gasteiger partial charge in [0.25, 0.3) is 5.91 Å². The third-order valence-corrected chi connectivity index (χ3v) is 4.90. The van der Waals surface area contributed by atoms with Crippen LogP contribution in [0.1, 0.15) is 18.9 Å². The van der Waals surface area contributed by atoms with Crippen molar-refractivity contribution < 1.29 is 34.1 Å². The predicted octanol–water partition coefficient (Wildman–Crippen LogP) is 2.22. The lowest BCUT2D eigenvalue weighted by Crippen LogP contribution is -2.45. The number of rotatable bonds is 8. The zero-order valence-electron chi connectivity index (χ0n) is 14.5. The maximum absolute atomic E-state index is 12.6. The average molecular weight is 411 g/mol. The molecule has 0 aromatic heterocycles. The summed E-state index contributed by atoms with van der Waals surface area (Å²) in [7, 11) is 1.49. The summed E-state index contributed by atoms with van der Waals surface area (Å²) in [6.07, 6.45) is 0.795. The van der Waals surface area contributed by atoms with Gasteiger partial charge in [-0.05, 0) is 30.7 Å². The van der Waals surface area contributed by atoms with Crippen molar-refractivity contribution in [2.24, 2.45) is 0 Å². The number of carboxylic acid groups (broad SMARTS) is 2. The molecule has 1 unspecified atom stereocenters. The SMILES string of the molecule is CCOc1ccc(C=C2SC(=S)N(C(CC(=O)O)C(=O)O)C2=O)cc1OC. The first-order chi connectivity index (χ1) is 12.8. The molecule has 1 aliphatic heterocycles. The van der Waals surface area contributed by atoms with Gasteiger partial charge >= 0.3 is 11.9 Å². The largest absolute Gasteiger partial charge is 0.493 e. The number of aliphatic carboxylic acids is 2. The molecule has 0 bridgehead atoms. The van der Waals surface area contributed by atoms with Gasteiger partial charge in [-0.2, -0.15) is 0 Å². The standard InChI is InChI=1S/C17H17NO7S2/c1-3-25-11-5-4-9(6-12(11)24-2)7-13-15(21)18(17(26)27-13)10(16(22)23)8-14(19)20/h4-7,10H,3,8H2,1-2H3,(H,19,20)(H,22,23). The molecule has 0 radical (unpaired) electrons. The molecule has 1 amide bonds. The van der Waals surface area contributed by atoms with E-state index in [1.165, 1.54) is 13.2 Å². The molecule has 1 aliphatic rings. The highest BCUT2D eigenvalue weighted by molar-refractivity contribution is 8.26. The summed E-state index contributed by atoms with van der Waals surface area (Å²) in [5.74, 6) is -2.38. The van der Waals surface area contributed by atoms with Crippen LogP contribution in [-0.2, 0) is 14.4 Å². The second-order valence-electron chi connectivity index (χ2n) is 5.35. The highest BCUT2D eigenvalue weighted by Gasteiger charge is 2.41. The topological polar surface area (TPSA) is 113 Å². The number of carboxylic acids is 2. The van der Waals surface area contributed by atoms with Gasteiger partial charge in [-0.3, -0.25) is 14.5 Å². The van der Waals surface area contributed by atoms with Crippen LogP contribution in [0.15, 0.2) is 23.1 Å². The third-order valence-electron chi connectivity index (χ3n) is 3.57. The van der Waals surface area contributed by atoms with E-state index in [2.05, 4.69) is 0 Å². The molecular formula is C17H17NO7S2. The minimum atomic E-state index is -1.56. The number of carbonyl (C=O) groups excluding carboxylic acids is 1. The maximum Gasteiger partial charge on any atom is 0.327 e. The average Bonchev–Trinajstić information content (AvgIpc) is 2.87. The zero-order chi connectivity index (χ0) is 20.1. The highest BCUT2D eigenvalue weighted by Crippen LogP contribution is 2.36. The Morgan fingerprint density at radius 1 is 1.33 bits per heavy atom. The van der Waals surface area contributed by atoms with Crippen LogP contribution in [0.3, 0.4) is 0 Å². The van der Waals surface area contributed by atoms with E-state index in [0.717, 1.165) is 16.7 Å². The molecule has 10 heteroatoms. The fourth-order valence-electron chi connectivity index (χ4n) is 2.40. The molecule has 0 spiro atoms. The summed E-state index contributed by atoms with van der Waals surface area (Å²) < 4.78 is 10.7. The summed E-state index contributed by atoms with van der Waals surface area (Å²) in [5, 5.41) is 18.2. The van der Waals surface area contributed by atoms with Crippen molar-refractivity contribution in [3.8, 4) is 11.5 Å². The minimum Gasteiger partial charge on any atom is -0.493 e. The van der Waals surface area contributed by atoms with Crippen molar-refractivity contribution in [3.63, 3.8) is 0 Å². The van der Waals surface area contributed by atoms with E-state index in [4.69, 9.17) is 26.8 Å². The molecule has 1 saturated heterocycles. The molecule has 27 heavy (non-hydrogen) atoms. The Labute approximate surface area is 164 Å². The first kappa shape index (κ1) is 20.7. The Balaban J connectivity index is 2.32. The monoisotopic (exact) mass is 411 g/mol. The minimum absolute atomic E-state index is 0.00204. The second-order valence-corrected chi connectivity index (χ2v) is 7.02. The molecule has 1 atom stereocenters. The van der Waals surface area contributed by atoms with Crippen LogP contribution in [0.25, 0.3) is 6.08 Å². The number of amides is 1. The smallest absolute Gasteiger partial charge is 0.327 e. The van der Waals surface area contributed by atoms with Gasteiger partial charge in [-0.25, -0.2) is 4.79 Å².